The Labute approximate surface area is 151 Å². The van der Waals surface area contributed by atoms with Gasteiger partial charge < -0.3 is 14.7 Å². The first-order chi connectivity index (χ1) is 12.0. The number of aryl methyl sites for hydroxylation is 1. The molecule has 1 N–H and O–H groups in total. The molecule has 0 atom stereocenters. The van der Waals surface area contributed by atoms with Crippen LogP contribution in [-0.2, 0) is 22.6 Å². The van der Waals surface area contributed by atoms with Gasteiger partial charge in [0, 0.05) is 13.0 Å². The Balaban J connectivity index is 2.01. The van der Waals surface area contributed by atoms with Crippen LogP contribution in [0.3, 0.4) is 0 Å². The fraction of sp³-hybridized carbons (Fsp3) is 0.263. The number of hydrogen-bond donors (Lipinski definition) is 1. The second-order valence-corrected chi connectivity index (χ2v) is 6.01. The van der Waals surface area contributed by atoms with Crippen molar-refractivity contribution < 1.29 is 19.4 Å². The van der Waals surface area contributed by atoms with Gasteiger partial charge in [-0.25, -0.2) is 0 Å². The van der Waals surface area contributed by atoms with E-state index in [4.69, 9.17) is 21.4 Å². The highest BCUT2D eigenvalue weighted by Crippen LogP contribution is 2.25. The third kappa shape index (κ3) is 5.80. The lowest BCUT2D eigenvalue weighted by atomic mass is 10.1. The van der Waals surface area contributed by atoms with Crippen molar-refractivity contribution >= 4 is 23.5 Å². The minimum atomic E-state index is -1.03. The summed E-state index contributed by atoms with van der Waals surface area (Å²) in [4.78, 5) is 24.9. The van der Waals surface area contributed by atoms with Gasteiger partial charge >= 0.3 is 5.97 Å². The van der Waals surface area contributed by atoms with Crippen LogP contribution in [0.5, 0.6) is 5.75 Å². The van der Waals surface area contributed by atoms with Crippen molar-refractivity contribution in [3.8, 4) is 5.75 Å². The van der Waals surface area contributed by atoms with Crippen molar-refractivity contribution in [2.45, 2.75) is 19.4 Å². The second-order valence-electron chi connectivity index (χ2n) is 5.60. The lowest BCUT2D eigenvalue weighted by molar-refractivity contribution is -0.144. The predicted molar refractivity (Wildman–Crippen MR) is 95.8 cm³/mol. The molecular weight excluding hydrogens is 342 g/mol. The van der Waals surface area contributed by atoms with E-state index in [1.54, 1.807) is 12.1 Å². The van der Waals surface area contributed by atoms with Crippen molar-refractivity contribution in [1.29, 1.82) is 0 Å². The molecule has 25 heavy (non-hydrogen) atoms. The zero-order chi connectivity index (χ0) is 18.2. The summed E-state index contributed by atoms with van der Waals surface area (Å²) >= 11 is 6.09. The molecule has 132 valence electrons. The number of carbonyl (C=O) groups is 2. The smallest absolute Gasteiger partial charge is 0.323 e. The van der Waals surface area contributed by atoms with Gasteiger partial charge in [-0.1, -0.05) is 48.0 Å². The summed E-state index contributed by atoms with van der Waals surface area (Å²) in [5.41, 5.74) is 1.79. The topological polar surface area (TPSA) is 66.8 Å². The van der Waals surface area contributed by atoms with Crippen LogP contribution in [-0.4, -0.2) is 35.5 Å². The molecule has 0 aromatic heterocycles. The number of aliphatic carboxylic acids is 1. The Morgan fingerprint density at radius 3 is 2.44 bits per heavy atom. The lowest BCUT2D eigenvalue weighted by Gasteiger charge is -2.21. The van der Waals surface area contributed by atoms with Gasteiger partial charge in [0.25, 0.3) is 0 Å². The van der Waals surface area contributed by atoms with E-state index in [0.717, 1.165) is 11.1 Å². The zero-order valence-corrected chi connectivity index (χ0v) is 14.7. The van der Waals surface area contributed by atoms with Gasteiger partial charge in [0.1, 0.15) is 12.3 Å². The standard InChI is InChI=1S/C19H20ClNO4/c1-25-17-9-7-14(11-16(17)20)8-10-18(22)21(13-19(23)24)12-15-5-3-2-4-6-15/h2-7,9,11H,8,10,12-13H2,1H3,(H,23,24). The average Bonchev–Trinajstić information content (AvgIpc) is 2.59. The SMILES string of the molecule is COc1ccc(CCC(=O)N(CC(=O)O)Cc2ccccc2)cc1Cl. The molecule has 2 rings (SSSR count). The van der Waals surface area contributed by atoms with Crippen molar-refractivity contribution in [3.63, 3.8) is 0 Å². The largest absolute Gasteiger partial charge is 0.495 e. The van der Waals surface area contributed by atoms with Crippen molar-refractivity contribution in [3.05, 3.63) is 64.7 Å². The fourth-order valence-electron chi connectivity index (χ4n) is 2.47. The summed E-state index contributed by atoms with van der Waals surface area (Å²) in [6, 6.07) is 14.7. The van der Waals surface area contributed by atoms with Gasteiger partial charge in [-0.2, -0.15) is 0 Å². The fourth-order valence-corrected chi connectivity index (χ4v) is 2.75. The van der Waals surface area contributed by atoms with Crippen LogP contribution in [0.4, 0.5) is 0 Å². The van der Waals surface area contributed by atoms with Crippen LogP contribution in [0.25, 0.3) is 0 Å². The number of rotatable bonds is 8. The number of halogens is 1. The number of amides is 1. The van der Waals surface area contributed by atoms with E-state index in [9.17, 15) is 9.59 Å². The normalized spacial score (nSPS) is 10.3. The minimum Gasteiger partial charge on any atom is -0.495 e. The van der Waals surface area contributed by atoms with E-state index in [1.807, 2.05) is 36.4 Å². The van der Waals surface area contributed by atoms with Crippen molar-refractivity contribution in [1.82, 2.24) is 4.90 Å². The van der Waals surface area contributed by atoms with Crippen molar-refractivity contribution in [2.75, 3.05) is 13.7 Å². The molecule has 0 bridgehead atoms. The summed E-state index contributed by atoms with van der Waals surface area (Å²) in [6.45, 7) is -0.0492. The Bertz CT molecular complexity index is 733. The molecule has 1 amide bonds. The highest BCUT2D eigenvalue weighted by atomic mass is 35.5. The molecule has 0 saturated heterocycles. The van der Waals surface area contributed by atoms with Gasteiger partial charge in [-0.15, -0.1) is 0 Å². The lowest BCUT2D eigenvalue weighted by Crippen LogP contribution is -2.35. The number of carboxylic acid groups (broad SMARTS) is 1. The average molecular weight is 362 g/mol. The van der Waals surface area contributed by atoms with E-state index in [0.29, 0.717) is 17.2 Å². The highest BCUT2D eigenvalue weighted by molar-refractivity contribution is 6.32. The molecular formula is C19H20ClNO4. The zero-order valence-electron chi connectivity index (χ0n) is 13.9. The van der Waals surface area contributed by atoms with Crippen LogP contribution in [0.15, 0.2) is 48.5 Å². The van der Waals surface area contributed by atoms with Crippen LogP contribution in [0.1, 0.15) is 17.5 Å². The molecule has 6 heteroatoms. The number of ether oxygens (including phenoxy) is 1. The summed E-state index contributed by atoms with van der Waals surface area (Å²) in [6.07, 6.45) is 0.691. The Hall–Kier alpha value is -2.53. The van der Waals surface area contributed by atoms with Gasteiger partial charge in [-0.05, 0) is 29.7 Å². The first kappa shape index (κ1) is 18.8. The van der Waals surface area contributed by atoms with Crippen LogP contribution in [0, 0.1) is 0 Å². The molecule has 0 radical (unpaired) electrons. The van der Waals surface area contributed by atoms with E-state index in [2.05, 4.69) is 0 Å². The molecule has 0 aliphatic carbocycles. The van der Waals surface area contributed by atoms with Gasteiger partial charge in [0.05, 0.1) is 12.1 Å². The van der Waals surface area contributed by atoms with Crippen LogP contribution < -0.4 is 4.74 Å². The van der Waals surface area contributed by atoms with Crippen molar-refractivity contribution in [2.24, 2.45) is 0 Å². The quantitative estimate of drug-likeness (QED) is 0.782. The summed E-state index contributed by atoms with van der Waals surface area (Å²) in [7, 11) is 1.54. The summed E-state index contributed by atoms with van der Waals surface area (Å²) < 4.78 is 5.10. The first-order valence-electron chi connectivity index (χ1n) is 7.85. The summed E-state index contributed by atoms with van der Waals surface area (Å²) in [5, 5.41) is 9.55. The molecule has 0 aliphatic rings. The Kier molecular flexibility index (Phi) is 6.83. The molecule has 0 unspecified atom stereocenters. The number of hydrogen-bond acceptors (Lipinski definition) is 3. The monoisotopic (exact) mass is 361 g/mol. The maximum atomic E-state index is 12.5. The Morgan fingerprint density at radius 1 is 1.12 bits per heavy atom. The minimum absolute atomic E-state index is 0.210. The number of benzene rings is 2. The predicted octanol–water partition coefficient (Wildman–Crippen LogP) is 3.39. The maximum absolute atomic E-state index is 12.5. The van der Waals surface area contributed by atoms with E-state index >= 15 is 0 Å². The van der Waals surface area contributed by atoms with Gasteiger partial charge in [-0.3, -0.25) is 9.59 Å². The molecule has 0 spiro atoms. The molecule has 0 heterocycles. The van der Waals surface area contributed by atoms with Crippen LogP contribution >= 0.6 is 11.6 Å². The maximum Gasteiger partial charge on any atom is 0.323 e. The summed E-state index contributed by atoms with van der Waals surface area (Å²) in [5.74, 6) is -0.664. The van der Waals surface area contributed by atoms with E-state index < -0.39 is 5.97 Å². The molecule has 2 aromatic rings. The molecule has 5 nitrogen and oxygen atoms in total. The van der Waals surface area contributed by atoms with Gasteiger partial charge in [0.15, 0.2) is 0 Å². The van der Waals surface area contributed by atoms with Gasteiger partial charge in [0.2, 0.25) is 5.91 Å². The molecule has 2 aromatic carbocycles. The third-order valence-corrected chi connectivity index (χ3v) is 4.03. The molecule has 0 saturated carbocycles. The first-order valence-corrected chi connectivity index (χ1v) is 8.23. The third-order valence-electron chi connectivity index (χ3n) is 3.74. The van der Waals surface area contributed by atoms with E-state index in [-0.39, 0.29) is 25.4 Å². The molecule has 0 aliphatic heterocycles. The van der Waals surface area contributed by atoms with Crippen LogP contribution in [0.2, 0.25) is 5.02 Å². The molecule has 0 fully saturated rings. The highest BCUT2D eigenvalue weighted by Gasteiger charge is 2.17. The Morgan fingerprint density at radius 2 is 1.84 bits per heavy atom. The number of carboxylic acids is 1. The second kappa shape index (κ2) is 9.08. The number of nitrogens with zero attached hydrogens (tertiary/aromatic N) is 1. The number of methoxy groups -OCH3 is 1. The van der Waals surface area contributed by atoms with E-state index in [1.165, 1.54) is 12.0 Å². The number of carbonyl (C=O) groups excluding carboxylic acids is 1.